The molecule has 1 N–H and O–H groups in total. The van der Waals surface area contributed by atoms with Crippen molar-refractivity contribution >= 4 is 17.3 Å². The van der Waals surface area contributed by atoms with Crippen molar-refractivity contribution in [2.24, 2.45) is 0 Å². The standard InChI is InChI=1S/C15H20ClNO3/c1-2-12-13(16)9-11(10-14(12)18)17-5-3-15(4-6-17)19-7-8-20-15/h9-10,18H,2-8H2,1H3. The van der Waals surface area contributed by atoms with E-state index in [1.807, 2.05) is 13.0 Å². The molecule has 0 amide bonds. The number of piperidine rings is 1. The molecule has 1 aromatic rings. The highest BCUT2D eigenvalue weighted by Gasteiger charge is 2.39. The summed E-state index contributed by atoms with van der Waals surface area (Å²) in [4.78, 5) is 2.22. The van der Waals surface area contributed by atoms with Crippen molar-refractivity contribution in [3.05, 3.63) is 22.7 Å². The Hall–Kier alpha value is -0.970. The van der Waals surface area contributed by atoms with Crippen LogP contribution in [0.2, 0.25) is 5.02 Å². The number of benzene rings is 1. The van der Waals surface area contributed by atoms with E-state index in [0.29, 0.717) is 18.2 Å². The van der Waals surface area contributed by atoms with Crippen LogP contribution in [0.5, 0.6) is 5.75 Å². The summed E-state index contributed by atoms with van der Waals surface area (Å²) < 4.78 is 11.5. The molecule has 0 aliphatic carbocycles. The van der Waals surface area contributed by atoms with Crippen molar-refractivity contribution in [2.45, 2.75) is 32.0 Å². The lowest BCUT2D eigenvalue weighted by Crippen LogP contribution is -2.45. The summed E-state index contributed by atoms with van der Waals surface area (Å²) in [5, 5.41) is 10.7. The summed E-state index contributed by atoms with van der Waals surface area (Å²) in [6, 6.07) is 3.74. The van der Waals surface area contributed by atoms with Crippen molar-refractivity contribution in [1.29, 1.82) is 0 Å². The van der Waals surface area contributed by atoms with E-state index in [-0.39, 0.29) is 11.5 Å². The fraction of sp³-hybridized carbons (Fsp3) is 0.600. The highest BCUT2D eigenvalue weighted by atomic mass is 35.5. The Labute approximate surface area is 124 Å². The fourth-order valence-corrected chi connectivity index (χ4v) is 3.37. The molecular formula is C15H20ClNO3. The van der Waals surface area contributed by atoms with Gasteiger partial charge in [0.25, 0.3) is 0 Å². The summed E-state index contributed by atoms with van der Waals surface area (Å²) in [5.74, 6) is -0.0882. The normalized spacial score (nSPS) is 21.6. The zero-order valence-electron chi connectivity index (χ0n) is 11.7. The van der Waals surface area contributed by atoms with Gasteiger partial charge in [-0.25, -0.2) is 0 Å². The zero-order valence-corrected chi connectivity index (χ0v) is 12.4. The minimum atomic E-state index is -0.369. The van der Waals surface area contributed by atoms with Gasteiger partial charge in [-0.05, 0) is 12.5 Å². The summed E-state index contributed by atoms with van der Waals surface area (Å²) in [5.41, 5.74) is 1.78. The van der Waals surface area contributed by atoms with E-state index < -0.39 is 0 Å². The quantitative estimate of drug-likeness (QED) is 0.911. The fourth-order valence-electron chi connectivity index (χ4n) is 3.03. The molecule has 0 aromatic heterocycles. The van der Waals surface area contributed by atoms with Gasteiger partial charge >= 0.3 is 0 Å². The number of anilines is 1. The lowest BCUT2D eigenvalue weighted by Gasteiger charge is -2.38. The number of nitrogens with zero attached hydrogens (tertiary/aromatic N) is 1. The molecule has 2 aliphatic heterocycles. The van der Waals surface area contributed by atoms with Gasteiger partial charge in [-0.2, -0.15) is 0 Å². The third-order valence-electron chi connectivity index (χ3n) is 4.21. The van der Waals surface area contributed by atoms with Gasteiger partial charge in [-0.15, -0.1) is 0 Å². The van der Waals surface area contributed by atoms with Gasteiger partial charge in [-0.1, -0.05) is 18.5 Å². The molecule has 20 heavy (non-hydrogen) atoms. The van der Waals surface area contributed by atoms with Crippen molar-refractivity contribution < 1.29 is 14.6 Å². The van der Waals surface area contributed by atoms with Crippen LogP contribution in [0, 0.1) is 0 Å². The van der Waals surface area contributed by atoms with Gasteiger partial charge in [-0.3, -0.25) is 0 Å². The molecule has 0 atom stereocenters. The predicted octanol–water partition coefficient (Wildman–Crippen LogP) is 2.95. The molecule has 0 radical (unpaired) electrons. The van der Waals surface area contributed by atoms with Gasteiger partial charge < -0.3 is 19.5 Å². The van der Waals surface area contributed by atoms with Crippen molar-refractivity contribution in [2.75, 3.05) is 31.2 Å². The molecule has 4 nitrogen and oxygen atoms in total. The van der Waals surface area contributed by atoms with Crippen LogP contribution in [0.15, 0.2) is 12.1 Å². The molecule has 0 bridgehead atoms. The molecule has 110 valence electrons. The molecule has 0 saturated carbocycles. The van der Waals surface area contributed by atoms with Gasteiger partial charge in [0.15, 0.2) is 5.79 Å². The van der Waals surface area contributed by atoms with Crippen molar-refractivity contribution in [3.8, 4) is 5.75 Å². The van der Waals surface area contributed by atoms with Gasteiger partial charge in [0.05, 0.1) is 13.2 Å². The van der Waals surface area contributed by atoms with Crippen LogP contribution >= 0.6 is 11.6 Å². The van der Waals surface area contributed by atoms with Crippen molar-refractivity contribution in [3.63, 3.8) is 0 Å². The van der Waals surface area contributed by atoms with Crippen LogP contribution in [-0.4, -0.2) is 37.2 Å². The van der Waals surface area contributed by atoms with Gasteiger partial charge in [0.2, 0.25) is 0 Å². The predicted molar refractivity (Wildman–Crippen MR) is 78.6 cm³/mol. The van der Waals surface area contributed by atoms with E-state index in [2.05, 4.69) is 4.90 Å². The number of hydrogen-bond acceptors (Lipinski definition) is 4. The van der Waals surface area contributed by atoms with Crippen molar-refractivity contribution in [1.82, 2.24) is 0 Å². The maximum absolute atomic E-state index is 10.0. The highest BCUT2D eigenvalue weighted by molar-refractivity contribution is 6.31. The third kappa shape index (κ3) is 2.48. The average Bonchev–Trinajstić information content (AvgIpc) is 2.87. The first kappa shape index (κ1) is 14.0. The Morgan fingerprint density at radius 1 is 1.25 bits per heavy atom. The molecule has 2 heterocycles. The second kappa shape index (κ2) is 5.43. The number of hydrogen-bond donors (Lipinski definition) is 1. The molecule has 2 saturated heterocycles. The third-order valence-corrected chi connectivity index (χ3v) is 4.55. The van der Waals surface area contributed by atoms with E-state index in [9.17, 15) is 5.11 Å². The monoisotopic (exact) mass is 297 g/mol. The van der Waals surface area contributed by atoms with Crippen LogP contribution in [0.1, 0.15) is 25.3 Å². The Balaban J connectivity index is 1.75. The summed E-state index contributed by atoms with van der Waals surface area (Å²) in [6.45, 7) is 5.07. The summed E-state index contributed by atoms with van der Waals surface area (Å²) in [7, 11) is 0. The number of ether oxygens (including phenoxy) is 2. The Kier molecular flexibility index (Phi) is 3.80. The first-order valence-corrected chi connectivity index (χ1v) is 7.55. The Bertz CT molecular complexity index is 467. The maximum atomic E-state index is 10.0. The molecule has 2 fully saturated rings. The van der Waals surface area contributed by atoms with Crippen LogP contribution in [0.3, 0.4) is 0 Å². The molecule has 1 spiro atoms. The topological polar surface area (TPSA) is 41.9 Å². The molecule has 1 aromatic carbocycles. The lowest BCUT2D eigenvalue weighted by molar-refractivity contribution is -0.169. The van der Waals surface area contributed by atoms with Crippen LogP contribution < -0.4 is 4.90 Å². The van der Waals surface area contributed by atoms with Gasteiger partial charge in [0, 0.05) is 48.3 Å². The number of phenols is 1. The van der Waals surface area contributed by atoms with Crippen LogP contribution in [0.25, 0.3) is 0 Å². The van der Waals surface area contributed by atoms with Crippen LogP contribution in [0.4, 0.5) is 5.69 Å². The van der Waals surface area contributed by atoms with E-state index in [0.717, 1.165) is 43.6 Å². The molecule has 2 aliphatic rings. The second-order valence-electron chi connectivity index (χ2n) is 5.37. The summed E-state index contributed by atoms with van der Waals surface area (Å²) >= 11 is 6.24. The molecule has 0 unspecified atom stereocenters. The minimum absolute atomic E-state index is 0.281. The Morgan fingerprint density at radius 2 is 1.90 bits per heavy atom. The number of rotatable bonds is 2. The van der Waals surface area contributed by atoms with Crippen LogP contribution in [-0.2, 0) is 15.9 Å². The second-order valence-corrected chi connectivity index (χ2v) is 5.78. The largest absolute Gasteiger partial charge is 0.508 e. The first-order chi connectivity index (χ1) is 9.63. The van der Waals surface area contributed by atoms with E-state index in [1.54, 1.807) is 6.07 Å². The zero-order chi connectivity index (χ0) is 14.2. The highest BCUT2D eigenvalue weighted by Crippen LogP contribution is 2.36. The molecular weight excluding hydrogens is 278 g/mol. The van der Waals surface area contributed by atoms with E-state index in [1.165, 1.54) is 0 Å². The molecule has 5 heteroatoms. The summed E-state index contributed by atoms with van der Waals surface area (Å²) in [6.07, 6.45) is 2.43. The SMILES string of the molecule is CCc1c(O)cc(N2CCC3(CC2)OCCO3)cc1Cl. The lowest BCUT2D eigenvalue weighted by atomic mass is 10.0. The number of halogens is 1. The number of phenolic OH excluding ortho intramolecular Hbond substituents is 1. The van der Waals surface area contributed by atoms with E-state index >= 15 is 0 Å². The minimum Gasteiger partial charge on any atom is -0.508 e. The Morgan fingerprint density at radius 3 is 2.45 bits per heavy atom. The number of aromatic hydroxyl groups is 1. The van der Waals surface area contributed by atoms with E-state index in [4.69, 9.17) is 21.1 Å². The molecule has 3 rings (SSSR count). The average molecular weight is 298 g/mol. The first-order valence-electron chi connectivity index (χ1n) is 7.18. The maximum Gasteiger partial charge on any atom is 0.171 e. The van der Waals surface area contributed by atoms with Gasteiger partial charge in [0.1, 0.15) is 5.75 Å². The smallest absolute Gasteiger partial charge is 0.171 e.